The second-order valence-electron chi connectivity index (χ2n) is 6.45. The zero-order chi connectivity index (χ0) is 20.2. The Morgan fingerprint density at radius 2 is 1.76 bits per heavy atom. The molecule has 1 amide bonds. The van der Waals surface area contributed by atoms with E-state index in [0.29, 0.717) is 5.56 Å². The van der Waals surface area contributed by atoms with Crippen molar-refractivity contribution in [3.05, 3.63) is 76.4 Å². The van der Waals surface area contributed by atoms with Crippen LogP contribution >= 0.6 is 11.6 Å². The average molecular weight is 405 g/mol. The average Bonchev–Trinajstić information content (AvgIpc) is 3.06. The molecule has 3 aromatic rings. The lowest BCUT2D eigenvalue weighted by Gasteiger charge is -2.14. The molecule has 0 saturated heterocycles. The van der Waals surface area contributed by atoms with E-state index in [4.69, 9.17) is 22.1 Å². The van der Waals surface area contributed by atoms with E-state index >= 15 is 0 Å². The standard InChI is InChI=1S/C22H17ClN4O2/c23-20-12-14(21(24)27-26-20)6-5-11-25-22(28)29-13-19-17-9-3-1-7-15(17)16-8-2-4-10-18(16)19/h1-4,7-10,12,19H,11,13H2,(H2,24,27)(H,25,28). The predicted octanol–water partition coefficient (Wildman–Crippen LogP) is 3.60. The van der Waals surface area contributed by atoms with Crippen LogP contribution in [0.3, 0.4) is 0 Å². The van der Waals surface area contributed by atoms with E-state index in [1.165, 1.54) is 28.3 Å². The molecular formula is C22H17ClN4O2. The van der Waals surface area contributed by atoms with Gasteiger partial charge in [0, 0.05) is 5.92 Å². The number of nitrogen functional groups attached to an aromatic ring is 1. The molecule has 0 bridgehead atoms. The zero-order valence-corrected chi connectivity index (χ0v) is 16.1. The summed E-state index contributed by atoms with van der Waals surface area (Å²) in [4.78, 5) is 12.1. The number of aromatic nitrogens is 2. The molecule has 1 aliphatic carbocycles. The number of hydrogen-bond acceptors (Lipinski definition) is 5. The van der Waals surface area contributed by atoms with E-state index in [9.17, 15) is 4.79 Å². The van der Waals surface area contributed by atoms with Crippen molar-refractivity contribution in [3.8, 4) is 23.0 Å². The number of carbonyl (C=O) groups is 1. The van der Waals surface area contributed by atoms with Crippen LogP contribution in [0.1, 0.15) is 22.6 Å². The van der Waals surface area contributed by atoms with Crippen molar-refractivity contribution in [2.75, 3.05) is 18.9 Å². The molecule has 0 saturated carbocycles. The number of rotatable bonds is 3. The quantitative estimate of drug-likeness (QED) is 0.651. The Morgan fingerprint density at radius 3 is 2.45 bits per heavy atom. The molecule has 1 heterocycles. The molecule has 1 aromatic heterocycles. The molecule has 0 fully saturated rings. The SMILES string of the molecule is Nc1nnc(Cl)cc1C#CCNC(=O)OCC1c2ccccc2-c2ccccc21. The minimum absolute atomic E-state index is 0.0177. The highest BCUT2D eigenvalue weighted by Crippen LogP contribution is 2.44. The van der Waals surface area contributed by atoms with E-state index in [2.05, 4.69) is 51.6 Å². The van der Waals surface area contributed by atoms with Crippen LogP contribution in [0, 0.1) is 11.8 Å². The fraction of sp³-hybridized carbons (Fsp3) is 0.136. The van der Waals surface area contributed by atoms with Gasteiger partial charge in [-0.15, -0.1) is 10.2 Å². The normalized spacial score (nSPS) is 11.8. The highest BCUT2D eigenvalue weighted by molar-refractivity contribution is 6.29. The number of hydrogen-bond donors (Lipinski definition) is 2. The Morgan fingerprint density at radius 1 is 1.10 bits per heavy atom. The summed E-state index contributed by atoms with van der Waals surface area (Å²) in [6.07, 6.45) is -0.528. The topological polar surface area (TPSA) is 90.1 Å². The number of halogens is 1. The summed E-state index contributed by atoms with van der Waals surface area (Å²) in [7, 11) is 0. The van der Waals surface area contributed by atoms with Gasteiger partial charge in [0.2, 0.25) is 0 Å². The first-order valence-corrected chi connectivity index (χ1v) is 9.37. The van der Waals surface area contributed by atoms with Gasteiger partial charge >= 0.3 is 6.09 Å². The number of benzene rings is 2. The monoisotopic (exact) mass is 404 g/mol. The number of nitrogens with zero attached hydrogens (tertiary/aromatic N) is 2. The molecule has 3 N–H and O–H groups in total. The summed E-state index contributed by atoms with van der Waals surface area (Å²) < 4.78 is 5.45. The maximum absolute atomic E-state index is 12.1. The molecular weight excluding hydrogens is 388 g/mol. The molecule has 144 valence electrons. The van der Waals surface area contributed by atoms with Crippen molar-refractivity contribution >= 4 is 23.5 Å². The van der Waals surface area contributed by atoms with Gasteiger partial charge in [0.05, 0.1) is 12.1 Å². The Labute approximate surface area is 173 Å². The van der Waals surface area contributed by atoms with E-state index in [0.717, 1.165) is 0 Å². The number of amides is 1. The molecule has 1 aliphatic rings. The van der Waals surface area contributed by atoms with Gasteiger partial charge in [0.25, 0.3) is 0 Å². The van der Waals surface area contributed by atoms with Crippen molar-refractivity contribution < 1.29 is 9.53 Å². The summed E-state index contributed by atoms with van der Waals surface area (Å²) in [5.41, 5.74) is 10.8. The summed E-state index contributed by atoms with van der Waals surface area (Å²) in [5, 5.41) is 10.1. The first kappa shape index (κ1) is 18.8. The van der Waals surface area contributed by atoms with Gasteiger partial charge in [-0.2, -0.15) is 0 Å². The third-order valence-electron chi connectivity index (χ3n) is 4.68. The number of alkyl carbamates (subject to hydrolysis) is 1. The Bertz CT molecular complexity index is 1090. The molecule has 0 spiro atoms. The first-order valence-electron chi connectivity index (χ1n) is 9.00. The summed E-state index contributed by atoms with van der Waals surface area (Å²) in [6, 6.07) is 17.9. The molecule has 0 radical (unpaired) electrons. The van der Waals surface area contributed by atoms with Crippen LogP contribution in [0.2, 0.25) is 5.15 Å². The van der Waals surface area contributed by atoms with Crippen LogP contribution in [-0.2, 0) is 4.74 Å². The lowest BCUT2D eigenvalue weighted by Crippen LogP contribution is -2.26. The Kier molecular flexibility index (Phi) is 5.32. The van der Waals surface area contributed by atoms with Crippen molar-refractivity contribution in [1.29, 1.82) is 0 Å². The maximum Gasteiger partial charge on any atom is 0.407 e. The summed E-state index contributed by atoms with van der Waals surface area (Å²) in [6.45, 7) is 0.361. The molecule has 4 rings (SSSR count). The van der Waals surface area contributed by atoms with Gasteiger partial charge in [0.1, 0.15) is 6.61 Å². The van der Waals surface area contributed by atoms with Crippen LogP contribution in [0.15, 0.2) is 54.6 Å². The number of anilines is 1. The molecule has 0 aliphatic heterocycles. The smallest absolute Gasteiger partial charge is 0.407 e. The lowest BCUT2D eigenvalue weighted by atomic mass is 9.98. The van der Waals surface area contributed by atoms with Crippen molar-refractivity contribution in [2.24, 2.45) is 0 Å². The fourth-order valence-electron chi connectivity index (χ4n) is 3.38. The van der Waals surface area contributed by atoms with Crippen molar-refractivity contribution in [1.82, 2.24) is 15.5 Å². The van der Waals surface area contributed by atoms with Crippen LogP contribution in [0.25, 0.3) is 11.1 Å². The predicted molar refractivity (Wildman–Crippen MR) is 111 cm³/mol. The molecule has 7 heteroatoms. The van der Waals surface area contributed by atoms with Gasteiger partial charge in [-0.05, 0) is 28.3 Å². The van der Waals surface area contributed by atoms with Crippen LogP contribution in [-0.4, -0.2) is 29.4 Å². The molecule has 0 unspecified atom stereocenters. The van der Waals surface area contributed by atoms with Gasteiger partial charge in [-0.1, -0.05) is 72.0 Å². The molecule has 29 heavy (non-hydrogen) atoms. The van der Waals surface area contributed by atoms with Crippen molar-refractivity contribution in [3.63, 3.8) is 0 Å². The highest BCUT2D eigenvalue weighted by atomic mass is 35.5. The molecule has 2 aromatic carbocycles. The number of carbonyl (C=O) groups excluding carboxylic acids is 1. The van der Waals surface area contributed by atoms with Gasteiger partial charge in [-0.25, -0.2) is 4.79 Å². The first-order chi connectivity index (χ1) is 14.1. The zero-order valence-electron chi connectivity index (χ0n) is 15.4. The summed E-state index contributed by atoms with van der Waals surface area (Å²) >= 11 is 5.77. The van der Waals surface area contributed by atoms with Gasteiger partial charge in [0.15, 0.2) is 11.0 Å². The lowest BCUT2D eigenvalue weighted by molar-refractivity contribution is 0.144. The number of fused-ring (bicyclic) bond motifs is 3. The third kappa shape index (κ3) is 4.00. The van der Waals surface area contributed by atoms with E-state index < -0.39 is 6.09 Å². The van der Waals surface area contributed by atoms with E-state index in [1.807, 2.05) is 24.3 Å². The molecule has 0 atom stereocenters. The van der Waals surface area contributed by atoms with Crippen LogP contribution in [0.4, 0.5) is 10.6 Å². The minimum atomic E-state index is -0.528. The number of nitrogens with one attached hydrogen (secondary N) is 1. The van der Waals surface area contributed by atoms with Crippen LogP contribution in [0.5, 0.6) is 0 Å². The number of nitrogens with two attached hydrogens (primary N) is 1. The Hall–Kier alpha value is -3.56. The molecule has 6 nitrogen and oxygen atoms in total. The van der Waals surface area contributed by atoms with E-state index in [-0.39, 0.29) is 30.0 Å². The fourth-order valence-corrected chi connectivity index (χ4v) is 3.53. The summed E-state index contributed by atoms with van der Waals surface area (Å²) in [5.74, 6) is 5.79. The van der Waals surface area contributed by atoms with Gasteiger partial charge < -0.3 is 15.8 Å². The third-order valence-corrected chi connectivity index (χ3v) is 4.87. The Balaban J connectivity index is 1.36. The largest absolute Gasteiger partial charge is 0.449 e. The van der Waals surface area contributed by atoms with Gasteiger partial charge in [-0.3, -0.25) is 0 Å². The second kappa shape index (κ2) is 8.21. The van der Waals surface area contributed by atoms with E-state index in [1.54, 1.807) is 0 Å². The minimum Gasteiger partial charge on any atom is -0.449 e. The second-order valence-corrected chi connectivity index (χ2v) is 6.83. The van der Waals surface area contributed by atoms with Crippen LogP contribution < -0.4 is 11.1 Å². The highest BCUT2D eigenvalue weighted by Gasteiger charge is 2.28. The van der Waals surface area contributed by atoms with Crippen molar-refractivity contribution in [2.45, 2.75) is 5.92 Å². The number of ether oxygens (including phenoxy) is 1. The maximum atomic E-state index is 12.1.